The van der Waals surface area contributed by atoms with Crippen LogP contribution >= 0.6 is 11.6 Å². The number of methoxy groups -OCH3 is 1. The van der Waals surface area contributed by atoms with Crippen molar-refractivity contribution < 1.29 is 14.3 Å². The monoisotopic (exact) mass is 276 g/mol. The van der Waals surface area contributed by atoms with Gasteiger partial charge >= 0.3 is 0 Å². The standard InChI is InChI=1S/C15H13ClO3/c1-18-10-19-15-8-3-2-5-12(15)11-6-4-7-14(16)13(11)9-17/h2-9H,10H2,1H3. The first-order valence-electron chi connectivity index (χ1n) is 5.72. The third kappa shape index (κ3) is 2.95. The van der Waals surface area contributed by atoms with Gasteiger partial charge in [0.05, 0.1) is 5.02 Å². The highest BCUT2D eigenvalue weighted by Gasteiger charge is 2.12. The van der Waals surface area contributed by atoms with Gasteiger partial charge in [0.1, 0.15) is 5.75 Å². The molecular formula is C15H13ClO3. The minimum Gasteiger partial charge on any atom is -0.467 e. The van der Waals surface area contributed by atoms with E-state index in [4.69, 9.17) is 21.1 Å². The highest BCUT2D eigenvalue weighted by atomic mass is 35.5. The quantitative estimate of drug-likeness (QED) is 0.615. The summed E-state index contributed by atoms with van der Waals surface area (Å²) in [5.74, 6) is 0.648. The maximum absolute atomic E-state index is 11.2. The van der Waals surface area contributed by atoms with Crippen molar-refractivity contribution in [2.75, 3.05) is 13.9 Å². The van der Waals surface area contributed by atoms with Gasteiger partial charge in [0.25, 0.3) is 0 Å². The normalized spacial score (nSPS) is 10.2. The molecule has 0 unspecified atom stereocenters. The number of benzene rings is 2. The summed E-state index contributed by atoms with van der Waals surface area (Å²) in [6, 6.07) is 12.8. The molecule has 0 aliphatic carbocycles. The van der Waals surface area contributed by atoms with Gasteiger partial charge in [0.2, 0.25) is 0 Å². The molecule has 98 valence electrons. The second-order valence-corrected chi connectivity index (χ2v) is 4.27. The van der Waals surface area contributed by atoms with Crippen LogP contribution < -0.4 is 4.74 Å². The van der Waals surface area contributed by atoms with Crippen molar-refractivity contribution in [3.8, 4) is 16.9 Å². The number of hydrogen-bond donors (Lipinski definition) is 0. The van der Waals surface area contributed by atoms with Gasteiger partial charge < -0.3 is 9.47 Å². The van der Waals surface area contributed by atoms with Crippen LogP contribution in [-0.4, -0.2) is 20.2 Å². The predicted octanol–water partition coefficient (Wildman–Crippen LogP) is 3.80. The Morgan fingerprint density at radius 3 is 2.58 bits per heavy atom. The third-order valence-electron chi connectivity index (χ3n) is 2.68. The number of para-hydroxylation sites is 1. The van der Waals surface area contributed by atoms with Crippen molar-refractivity contribution in [3.05, 3.63) is 53.1 Å². The van der Waals surface area contributed by atoms with E-state index < -0.39 is 0 Å². The van der Waals surface area contributed by atoms with Crippen molar-refractivity contribution in [2.24, 2.45) is 0 Å². The summed E-state index contributed by atoms with van der Waals surface area (Å²) in [6.45, 7) is 0.147. The van der Waals surface area contributed by atoms with Crippen LogP contribution in [0.25, 0.3) is 11.1 Å². The average Bonchev–Trinajstić information content (AvgIpc) is 2.45. The van der Waals surface area contributed by atoms with Crippen molar-refractivity contribution in [1.29, 1.82) is 0 Å². The Morgan fingerprint density at radius 1 is 1.11 bits per heavy atom. The lowest BCUT2D eigenvalue weighted by Gasteiger charge is -2.12. The number of halogens is 1. The molecule has 0 aromatic heterocycles. The van der Waals surface area contributed by atoms with E-state index in [9.17, 15) is 4.79 Å². The molecule has 0 amide bonds. The number of ether oxygens (including phenoxy) is 2. The van der Waals surface area contributed by atoms with Crippen LogP contribution in [0.5, 0.6) is 5.75 Å². The van der Waals surface area contributed by atoms with E-state index >= 15 is 0 Å². The van der Waals surface area contributed by atoms with Crippen LogP contribution in [0.4, 0.5) is 0 Å². The van der Waals surface area contributed by atoms with E-state index in [0.717, 1.165) is 17.4 Å². The van der Waals surface area contributed by atoms with Gasteiger partial charge in [-0.25, -0.2) is 0 Å². The first-order chi connectivity index (χ1) is 9.27. The number of aldehydes is 1. The number of rotatable bonds is 5. The second kappa shape index (κ2) is 6.36. The van der Waals surface area contributed by atoms with Crippen LogP contribution in [0, 0.1) is 0 Å². The average molecular weight is 277 g/mol. The third-order valence-corrected chi connectivity index (χ3v) is 3.01. The lowest BCUT2D eigenvalue weighted by atomic mass is 9.99. The Hall–Kier alpha value is -1.84. The molecule has 0 saturated heterocycles. The van der Waals surface area contributed by atoms with E-state index in [1.165, 1.54) is 0 Å². The molecule has 0 saturated carbocycles. The summed E-state index contributed by atoms with van der Waals surface area (Å²) in [5, 5.41) is 0.425. The molecule has 0 atom stereocenters. The molecule has 0 N–H and O–H groups in total. The topological polar surface area (TPSA) is 35.5 Å². The summed E-state index contributed by atoms with van der Waals surface area (Å²) in [5.41, 5.74) is 2.01. The fraction of sp³-hybridized carbons (Fsp3) is 0.133. The fourth-order valence-electron chi connectivity index (χ4n) is 1.83. The van der Waals surface area contributed by atoms with Crippen LogP contribution in [0.1, 0.15) is 10.4 Å². The molecular weight excluding hydrogens is 264 g/mol. The zero-order valence-electron chi connectivity index (χ0n) is 10.4. The van der Waals surface area contributed by atoms with Gasteiger partial charge in [-0.1, -0.05) is 41.9 Å². The van der Waals surface area contributed by atoms with E-state index in [0.29, 0.717) is 16.3 Å². The van der Waals surface area contributed by atoms with E-state index in [1.54, 1.807) is 19.2 Å². The molecule has 0 spiro atoms. The van der Waals surface area contributed by atoms with Gasteiger partial charge in [-0.2, -0.15) is 0 Å². The Morgan fingerprint density at radius 2 is 1.84 bits per heavy atom. The number of hydrogen-bond acceptors (Lipinski definition) is 3. The molecule has 0 aliphatic rings. The minimum absolute atomic E-state index is 0.147. The summed E-state index contributed by atoms with van der Waals surface area (Å²) >= 11 is 6.04. The fourth-order valence-corrected chi connectivity index (χ4v) is 2.05. The summed E-state index contributed by atoms with van der Waals surface area (Å²) in [4.78, 5) is 11.2. The second-order valence-electron chi connectivity index (χ2n) is 3.87. The van der Waals surface area contributed by atoms with Crippen LogP contribution in [0.2, 0.25) is 5.02 Å². The van der Waals surface area contributed by atoms with E-state index in [1.807, 2.05) is 30.3 Å². The zero-order valence-corrected chi connectivity index (χ0v) is 11.2. The molecule has 2 aromatic rings. The zero-order chi connectivity index (χ0) is 13.7. The van der Waals surface area contributed by atoms with E-state index in [2.05, 4.69) is 0 Å². The Labute approximate surface area is 116 Å². The smallest absolute Gasteiger partial charge is 0.188 e. The summed E-state index contributed by atoms with van der Waals surface area (Å²) in [7, 11) is 1.55. The van der Waals surface area contributed by atoms with Crippen molar-refractivity contribution in [3.63, 3.8) is 0 Å². The maximum Gasteiger partial charge on any atom is 0.188 e. The minimum atomic E-state index is 0.147. The SMILES string of the molecule is COCOc1ccccc1-c1cccc(Cl)c1C=O. The lowest BCUT2D eigenvalue weighted by molar-refractivity contribution is 0.0515. The van der Waals surface area contributed by atoms with E-state index in [-0.39, 0.29) is 6.79 Å². The largest absolute Gasteiger partial charge is 0.467 e. The van der Waals surface area contributed by atoms with Gasteiger partial charge in [0.15, 0.2) is 13.1 Å². The van der Waals surface area contributed by atoms with Gasteiger partial charge in [-0.05, 0) is 17.7 Å². The summed E-state index contributed by atoms with van der Waals surface area (Å²) in [6.07, 6.45) is 0.755. The van der Waals surface area contributed by atoms with Gasteiger partial charge in [-0.15, -0.1) is 0 Å². The summed E-state index contributed by atoms with van der Waals surface area (Å²) < 4.78 is 10.4. The van der Waals surface area contributed by atoms with Crippen LogP contribution in [0.15, 0.2) is 42.5 Å². The van der Waals surface area contributed by atoms with Crippen molar-refractivity contribution in [2.45, 2.75) is 0 Å². The molecule has 4 heteroatoms. The molecule has 2 rings (SSSR count). The van der Waals surface area contributed by atoms with Gasteiger partial charge in [-0.3, -0.25) is 4.79 Å². The Kier molecular flexibility index (Phi) is 4.55. The van der Waals surface area contributed by atoms with Crippen molar-refractivity contribution in [1.82, 2.24) is 0 Å². The molecule has 3 nitrogen and oxygen atoms in total. The molecule has 0 aliphatic heterocycles. The van der Waals surface area contributed by atoms with Crippen LogP contribution in [0.3, 0.4) is 0 Å². The highest BCUT2D eigenvalue weighted by molar-refractivity contribution is 6.33. The van der Waals surface area contributed by atoms with Gasteiger partial charge in [0, 0.05) is 18.2 Å². The molecule has 19 heavy (non-hydrogen) atoms. The number of carbonyl (C=O) groups excluding carboxylic acids is 1. The lowest BCUT2D eigenvalue weighted by Crippen LogP contribution is -2.00. The first kappa shape index (κ1) is 13.6. The molecule has 0 fully saturated rings. The Balaban J connectivity index is 2.52. The molecule has 0 bridgehead atoms. The predicted molar refractivity (Wildman–Crippen MR) is 74.8 cm³/mol. The van der Waals surface area contributed by atoms with Crippen LogP contribution in [-0.2, 0) is 4.74 Å². The Bertz CT molecular complexity index is 581. The van der Waals surface area contributed by atoms with Crippen molar-refractivity contribution >= 4 is 17.9 Å². The first-order valence-corrected chi connectivity index (χ1v) is 6.10. The maximum atomic E-state index is 11.2. The molecule has 0 radical (unpaired) electrons. The molecule has 0 heterocycles. The number of carbonyl (C=O) groups is 1. The highest BCUT2D eigenvalue weighted by Crippen LogP contribution is 2.34. The molecule has 2 aromatic carbocycles.